The number of nitrogens with zero attached hydrogens (tertiary/aromatic N) is 5. The van der Waals surface area contributed by atoms with Crippen LogP contribution in [0.25, 0.3) is 0 Å². The lowest BCUT2D eigenvalue weighted by Gasteiger charge is -2.40. The molecule has 2 aliphatic rings. The van der Waals surface area contributed by atoms with E-state index in [0.717, 1.165) is 14.7 Å². The fourth-order valence-corrected chi connectivity index (χ4v) is 4.72. The minimum absolute atomic E-state index is 0.0429. The van der Waals surface area contributed by atoms with Crippen molar-refractivity contribution >= 4 is 23.3 Å². The van der Waals surface area contributed by atoms with Gasteiger partial charge in [0.05, 0.1) is 13.7 Å². The number of methoxy groups -OCH3 is 1. The Morgan fingerprint density at radius 1 is 1.15 bits per heavy atom. The first-order valence-corrected chi connectivity index (χ1v) is 12.8. The van der Waals surface area contributed by atoms with Crippen LogP contribution in [-0.2, 0) is 23.2 Å². The Hall–Kier alpha value is -4.11. The van der Waals surface area contributed by atoms with Gasteiger partial charge in [-0.1, -0.05) is 23.8 Å². The Balaban J connectivity index is 1.89. The highest BCUT2D eigenvalue weighted by Gasteiger charge is 2.50. The van der Waals surface area contributed by atoms with Crippen molar-refractivity contribution in [3.8, 4) is 5.75 Å². The smallest absolute Gasteiger partial charge is 0.493 e. The molecular weight excluding hydrogens is 549 g/mol. The van der Waals surface area contributed by atoms with Crippen molar-refractivity contribution in [3.63, 3.8) is 0 Å². The van der Waals surface area contributed by atoms with E-state index >= 15 is 0 Å². The van der Waals surface area contributed by atoms with Gasteiger partial charge in [-0.3, -0.25) is 23.6 Å². The molecule has 3 heterocycles. The Kier molecular flexibility index (Phi) is 8.58. The Morgan fingerprint density at radius 3 is 2.44 bits per heavy atom. The lowest BCUT2D eigenvalue weighted by atomic mass is 10.1. The van der Waals surface area contributed by atoms with Gasteiger partial charge in [0.2, 0.25) is 0 Å². The number of ketones is 1. The number of benzene rings is 1. The molecule has 0 saturated carbocycles. The number of Topliss-reactive ketones (excluding diaryl/α,β-unsaturated/α-hetero) is 1. The van der Waals surface area contributed by atoms with Crippen molar-refractivity contribution in [1.29, 1.82) is 0 Å². The second kappa shape index (κ2) is 11.8. The molecule has 1 N–H and O–H groups in total. The van der Waals surface area contributed by atoms with E-state index in [2.05, 4.69) is 5.32 Å². The maximum absolute atomic E-state index is 13.9. The fraction of sp³-hybridized carbons (Fsp3) is 0.462. The van der Waals surface area contributed by atoms with Gasteiger partial charge in [-0.05, 0) is 26.0 Å². The van der Waals surface area contributed by atoms with Crippen molar-refractivity contribution in [2.75, 3.05) is 49.8 Å². The van der Waals surface area contributed by atoms with E-state index in [4.69, 9.17) is 9.57 Å². The minimum Gasteiger partial charge on any atom is -0.497 e. The summed E-state index contributed by atoms with van der Waals surface area (Å²) in [6.45, 7) is 4.70. The maximum atomic E-state index is 13.9. The number of rotatable bonds is 8. The number of carbonyl (C=O) groups is 2. The second-order valence-electron chi connectivity index (χ2n) is 9.83. The molecule has 0 aliphatic carbocycles. The van der Waals surface area contributed by atoms with E-state index in [9.17, 15) is 32.3 Å². The first-order valence-electron chi connectivity index (χ1n) is 12.8. The normalized spacial score (nSPS) is 17.3. The third kappa shape index (κ3) is 6.00. The van der Waals surface area contributed by atoms with E-state index in [1.165, 1.54) is 31.2 Å². The number of nitrogens with one attached hydrogen (secondary N) is 1. The number of hydrogen-bond donors (Lipinski definition) is 1. The quantitative estimate of drug-likeness (QED) is 0.361. The fourth-order valence-electron chi connectivity index (χ4n) is 4.72. The van der Waals surface area contributed by atoms with Crippen molar-refractivity contribution in [2.45, 2.75) is 32.9 Å². The molecule has 4 rings (SSSR count). The molecule has 2 aliphatic heterocycles. The second-order valence-corrected chi connectivity index (χ2v) is 9.83. The molecule has 0 bridgehead atoms. The monoisotopic (exact) mass is 580 g/mol. The van der Waals surface area contributed by atoms with Crippen molar-refractivity contribution < 1.29 is 32.3 Å². The number of carbonyl (C=O) groups excluding carboxylic acids is 2. The maximum Gasteiger partial charge on any atom is 0.493 e. The largest absolute Gasteiger partial charge is 0.497 e. The van der Waals surface area contributed by atoms with Crippen molar-refractivity contribution in [3.05, 3.63) is 62.3 Å². The highest BCUT2D eigenvalue weighted by atomic mass is 19.4. The molecule has 0 amide bonds. The summed E-state index contributed by atoms with van der Waals surface area (Å²) < 4.78 is 46.8. The predicted molar refractivity (Wildman–Crippen MR) is 143 cm³/mol. The molecule has 15 heteroatoms. The number of piperazine rings is 1. The van der Waals surface area contributed by atoms with Gasteiger partial charge in [-0.2, -0.15) is 13.2 Å². The highest BCUT2D eigenvalue weighted by molar-refractivity contribution is 5.96. The number of hydroxylamine groups is 1. The first kappa shape index (κ1) is 29.9. The van der Waals surface area contributed by atoms with Crippen LogP contribution in [0.1, 0.15) is 24.2 Å². The van der Waals surface area contributed by atoms with Crippen molar-refractivity contribution in [1.82, 2.24) is 19.4 Å². The summed E-state index contributed by atoms with van der Waals surface area (Å²) in [6.07, 6.45) is -4.75. The van der Waals surface area contributed by atoms with Crippen LogP contribution in [0.3, 0.4) is 0 Å². The zero-order valence-corrected chi connectivity index (χ0v) is 23.0. The third-order valence-electron chi connectivity index (χ3n) is 6.76. The predicted octanol–water partition coefficient (Wildman–Crippen LogP) is 1.24. The molecule has 0 radical (unpaired) electrons. The summed E-state index contributed by atoms with van der Waals surface area (Å²) in [5.74, 6) is -2.99. The molecule has 1 fully saturated rings. The van der Waals surface area contributed by atoms with Gasteiger partial charge in [-0.15, -0.1) is 5.06 Å². The molecule has 41 heavy (non-hydrogen) atoms. The van der Waals surface area contributed by atoms with Gasteiger partial charge < -0.3 is 19.8 Å². The number of fused-ring (bicyclic) bond motifs is 1. The van der Waals surface area contributed by atoms with Crippen LogP contribution in [0.15, 0.2) is 45.5 Å². The van der Waals surface area contributed by atoms with E-state index < -0.39 is 42.0 Å². The summed E-state index contributed by atoms with van der Waals surface area (Å²) in [7, 11) is 2.67. The highest BCUT2D eigenvalue weighted by Crippen LogP contribution is 2.38. The minimum atomic E-state index is -5.33. The number of anilines is 2. The van der Waals surface area contributed by atoms with Gasteiger partial charge in [0.25, 0.3) is 5.56 Å². The first-order chi connectivity index (χ1) is 19.3. The zero-order valence-electron chi connectivity index (χ0n) is 23.0. The van der Waals surface area contributed by atoms with E-state index in [1.807, 2.05) is 13.8 Å². The lowest BCUT2D eigenvalue weighted by Crippen LogP contribution is -2.61. The molecular formula is C26H31F3N6O6. The van der Waals surface area contributed by atoms with Crippen LogP contribution in [0.5, 0.6) is 5.75 Å². The summed E-state index contributed by atoms with van der Waals surface area (Å²) in [6, 6.07) is 6.19. The van der Waals surface area contributed by atoms with Gasteiger partial charge in [-0.25, -0.2) is 9.59 Å². The van der Waals surface area contributed by atoms with Crippen LogP contribution in [0, 0.1) is 0 Å². The third-order valence-corrected chi connectivity index (χ3v) is 6.76. The standard InChI is InChI=1S/C26H31F3N6O6/c1-16(2)8-11-33-20-21(35(41-23(38)26(27,28)29)24(33)32-12-9-30-10-13-32)31(3)25(39)34(22(20)37)15-19(36)17-6-5-7-18(14-17)40-4/h5-8,14,24,30H,9-13,15H2,1-4H3. The van der Waals surface area contributed by atoms with Gasteiger partial charge in [0.15, 0.2) is 23.6 Å². The van der Waals surface area contributed by atoms with E-state index in [1.54, 1.807) is 23.1 Å². The number of aromatic nitrogens is 2. The molecule has 1 atom stereocenters. The number of ether oxygens (including phenoxy) is 1. The lowest BCUT2D eigenvalue weighted by molar-refractivity contribution is -0.203. The SMILES string of the molecule is COc1cccc(C(=O)Cn2c(=O)c3c(n(C)c2=O)N(OC(=O)C(F)(F)F)C(N2CCNCC2)N3CC=C(C)C)c1. The van der Waals surface area contributed by atoms with E-state index in [-0.39, 0.29) is 23.6 Å². The molecule has 0 spiro atoms. The zero-order chi connectivity index (χ0) is 30.1. The Labute approximate surface area is 233 Å². The number of allylic oxidation sites excluding steroid dienone is 1. The summed E-state index contributed by atoms with van der Waals surface area (Å²) in [5, 5.41) is 3.82. The van der Waals surface area contributed by atoms with Gasteiger partial charge in [0.1, 0.15) is 5.75 Å². The van der Waals surface area contributed by atoms with Crippen molar-refractivity contribution in [2.24, 2.45) is 7.05 Å². The average molecular weight is 581 g/mol. The average Bonchev–Trinajstić information content (AvgIpc) is 3.26. The van der Waals surface area contributed by atoms with Crippen LogP contribution in [0.2, 0.25) is 0 Å². The summed E-state index contributed by atoms with van der Waals surface area (Å²) >= 11 is 0. The number of alkyl halides is 3. The molecule has 1 saturated heterocycles. The number of hydrogen-bond acceptors (Lipinski definition) is 10. The van der Waals surface area contributed by atoms with Crippen LogP contribution >= 0.6 is 0 Å². The molecule has 1 unspecified atom stereocenters. The van der Waals surface area contributed by atoms with Crippen LogP contribution in [-0.4, -0.2) is 78.1 Å². The van der Waals surface area contributed by atoms with Gasteiger partial charge in [0, 0.05) is 45.3 Å². The Morgan fingerprint density at radius 2 is 1.83 bits per heavy atom. The van der Waals surface area contributed by atoms with E-state index in [0.29, 0.717) is 37.0 Å². The molecule has 1 aromatic carbocycles. The summed E-state index contributed by atoms with van der Waals surface area (Å²) in [4.78, 5) is 60.6. The molecule has 12 nitrogen and oxygen atoms in total. The summed E-state index contributed by atoms with van der Waals surface area (Å²) in [5.41, 5.74) is -1.01. The van der Waals surface area contributed by atoms with Gasteiger partial charge >= 0.3 is 17.8 Å². The van der Waals surface area contributed by atoms with Crippen LogP contribution in [0.4, 0.5) is 24.7 Å². The topological polar surface area (TPSA) is 118 Å². The molecule has 2 aromatic rings. The number of halogens is 3. The van der Waals surface area contributed by atoms with Crippen LogP contribution < -0.4 is 31.3 Å². The molecule has 1 aromatic heterocycles. The Bertz CT molecular complexity index is 1470. The molecule has 222 valence electrons.